The number of rotatable bonds is 2. The SMILES string of the molecule is CCCc1n[nH]c(=O)n1O. The number of nitrogens with zero attached hydrogens (tertiary/aromatic N) is 2. The Bertz CT molecular complexity index is 262. The van der Waals surface area contributed by atoms with E-state index in [1.807, 2.05) is 6.92 Å². The van der Waals surface area contributed by atoms with Gasteiger partial charge in [0.15, 0.2) is 5.82 Å². The molecule has 0 fully saturated rings. The lowest BCUT2D eigenvalue weighted by Crippen LogP contribution is -2.15. The van der Waals surface area contributed by atoms with E-state index in [0.29, 0.717) is 17.0 Å². The first-order valence-electron chi connectivity index (χ1n) is 3.11. The normalized spacial score (nSPS) is 10.1. The summed E-state index contributed by atoms with van der Waals surface area (Å²) in [7, 11) is 0. The van der Waals surface area contributed by atoms with Crippen molar-refractivity contribution in [1.82, 2.24) is 14.9 Å². The number of H-pyrrole nitrogens is 1. The van der Waals surface area contributed by atoms with Crippen molar-refractivity contribution in [2.24, 2.45) is 0 Å². The number of aromatic amines is 1. The van der Waals surface area contributed by atoms with Crippen LogP contribution in [-0.4, -0.2) is 20.1 Å². The lowest BCUT2D eigenvalue weighted by Gasteiger charge is -1.91. The monoisotopic (exact) mass is 143 g/mol. The van der Waals surface area contributed by atoms with E-state index in [0.717, 1.165) is 6.42 Å². The van der Waals surface area contributed by atoms with Gasteiger partial charge in [-0.25, -0.2) is 9.89 Å². The second-order valence-electron chi connectivity index (χ2n) is 2.01. The summed E-state index contributed by atoms with van der Waals surface area (Å²) in [5.74, 6) is 0.382. The van der Waals surface area contributed by atoms with Crippen LogP contribution in [-0.2, 0) is 6.42 Å². The van der Waals surface area contributed by atoms with Gasteiger partial charge in [0.05, 0.1) is 0 Å². The maximum absolute atomic E-state index is 10.5. The minimum atomic E-state index is -0.580. The number of hydrogen-bond acceptors (Lipinski definition) is 3. The van der Waals surface area contributed by atoms with Crippen molar-refractivity contribution in [3.05, 3.63) is 16.3 Å². The lowest BCUT2D eigenvalue weighted by atomic mass is 10.3. The van der Waals surface area contributed by atoms with E-state index >= 15 is 0 Å². The first-order chi connectivity index (χ1) is 4.75. The largest absolute Gasteiger partial charge is 0.422 e. The van der Waals surface area contributed by atoms with Crippen LogP contribution in [0.2, 0.25) is 0 Å². The Morgan fingerprint density at radius 2 is 2.50 bits per heavy atom. The second-order valence-corrected chi connectivity index (χ2v) is 2.01. The number of nitrogens with one attached hydrogen (secondary N) is 1. The molecule has 0 atom stereocenters. The van der Waals surface area contributed by atoms with Crippen LogP contribution < -0.4 is 5.69 Å². The van der Waals surface area contributed by atoms with Crippen LogP contribution in [0.1, 0.15) is 19.2 Å². The molecule has 1 aromatic heterocycles. The molecule has 5 nitrogen and oxygen atoms in total. The van der Waals surface area contributed by atoms with Crippen LogP contribution in [0.4, 0.5) is 0 Å². The molecule has 0 saturated heterocycles. The molecule has 0 saturated carbocycles. The van der Waals surface area contributed by atoms with E-state index in [4.69, 9.17) is 5.21 Å². The van der Waals surface area contributed by atoms with Crippen molar-refractivity contribution >= 4 is 0 Å². The Balaban J connectivity index is 2.94. The standard InChI is InChI=1S/C5H9N3O2/c1-2-3-4-6-7-5(9)8(4)10/h10H,2-3H2,1H3,(H,7,9). The molecule has 0 aliphatic carbocycles. The molecule has 0 radical (unpaired) electrons. The zero-order chi connectivity index (χ0) is 7.56. The third-order valence-corrected chi connectivity index (χ3v) is 1.19. The summed E-state index contributed by atoms with van der Waals surface area (Å²) in [5, 5.41) is 14.6. The summed E-state index contributed by atoms with van der Waals surface area (Å²) in [6.45, 7) is 1.94. The van der Waals surface area contributed by atoms with Crippen LogP contribution in [0.3, 0.4) is 0 Å². The molecule has 0 aliphatic heterocycles. The predicted octanol–water partition coefficient (Wildman–Crippen LogP) is -0.239. The molecule has 0 aromatic carbocycles. The average Bonchev–Trinajstić information content (AvgIpc) is 2.20. The second kappa shape index (κ2) is 2.55. The molecule has 1 aromatic rings. The van der Waals surface area contributed by atoms with E-state index in [-0.39, 0.29) is 0 Å². The van der Waals surface area contributed by atoms with E-state index in [9.17, 15) is 4.79 Å². The molecule has 10 heavy (non-hydrogen) atoms. The molecular formula is C5H9N3O2. The van der Waals surface area contributed by atoms with E-state index < -0.39 is 5.69 Å². The van der Waals surface area contributed by atoms with Crippen LogP contribution in [0.5, 0.6) is 0 Å². The zero-order valence-electron chi connectivity index (χ0n) is 5.66. The van der Waals surface area contributed by atoms with Gasteiger partial charge in [-0.15, -0.1) is 4.73 Å². The summed E-state index contributed by atoms with van der Waals surface area (Å²) < 4.78 is 0.531. The summed E-state index contributed by atoms with van der Waals surface area (Å²) >= 11 is 0. The molecule has 0 bridgehead atoms. The summed E-state index contributed by atoms with van der Waals surface area (Å²) in [4.78, 5) is 10.5. The van der Waals surface area contributed by atoms with Crippen molar-refractivity contribution < 1.29 is 5.21 Å². The minimum absolute atomic E-state index is 0.382. The molecule has 1 heterocycles. The highest BCUT2D eigenvalue weighted by atomic mass is 16.5. The molecule has 5 heteroatoms. The molecule has 0 spiro atoms. The van der Waals surface area contributed by atoms with Gasteiger partial charge in [-0.2, -0.15) is 5.10 Å². The Morgan fingerprint density at radius 3 is 2.90 bits per heavy atom. The van der Waals surface area contributed by atoms with Crippen molar-refractivity contribution in [2.45, 2.75) is 19.8 Å². The zero-order valence-corrected chi connectivity index (χ0v) is 5.66. The Labute approximate surface area is 57.3 Å². The highest BCUT2D eigenvalue weighted by Gasteiger charge is 2.03. The molecule has 1 rings (SSSR count). The quantitative estimate of drug-likeness (QED) is 0.561. The smallest absolute Gasteiger partial charge is 0.376 e. The van der Waals surface area contributed by atoms with Crippen LogP contribution in [0, 0.1) is 0 Å². The highest BCUT2D eigenvalue weighted by molar-refractivity contribution is 4.81. The molecule has 0 unspecified atom stereocenters. The molecular weight excluding hydrogens is 134 g/mol. The average molecular weight is 143 g/mol. The maximum atomic E-state index is 10.5. The third kappa shape index (κ3) is 1.02. The molecule has 2 N–H and O–H groups in total. The van der Waals surface area contributed by atoms with E-state index in [1.165, 1.54) is 0 Å². The van der Waals surface area contributed by atoms with Gasteiger partial charge >= 0.3 is 5.69 Å². The predicted molar refractivity (Wildman–Crippen MR) is 34.0 cm³/mol. The first-order valence-corrected chi connectivity index (χ1v) is 3.11. The van der Waals surface area contributed by atoms with E-state index in [1.54, 1.807) is 0 Å². The number of aryl methyl sites for hydroxylation is 1. The maximum Gasteiger partial charge on any atom is 0.376 e. The van der Waals surface area contributed by atoms with E-state index in [2.05, 4.69) is 10.2 Å². The van der Waals surface area contributed by atoms with Gasteiger partial charge in [0.2, 0.25) is 0 Å². The highest BCUT2D eigenvalue weighted by Crippen LogP contribution is 1.91. The molecule has 0 amide bonds. The topological polar surface area (TPSA) is 70.9 Å². The Hall–Kier alpha value is -1.26. The van der Waals surface area contributed by atoms with Crippen molar-refractivity contribution in [2.75, 3.05) is 0 Å². The van der Waals surface area contributed by atoms with Gasteiger partial charge < -0.3 is 5.21 Å². The molecule has 0 aliphatic rings. The first kappa shape index (κ1) is 6.85. The summed E-state index contributed by atoms with van der Waals surface area (Å²) in [6.07, 6.45) is 1.46. The summed E-state index contributed by atoms with van der Waals surface area (Å²) in [5.41, 5.74) is -0.580. The van der Waals surface area contributed by atoms with Crippen LogP contribution in [0.15, 0.2) is 4.79 Å². The van der Waals surface area contributed by atoms with Crippen molar-refractivity contribution in [3.63, 3.8) is 0 Å². The summed E-state index contributed by atoms with van der Waals surface area (Å²) in [6, 6.07) is 0. The van der Waals surface area contributed by atoms with Gasteiger partial charge in [0.1, 0.15) is 0 Å². The van der Waals surface area contributed by atoms with Crippen LogP contribution in [0.25, 0.3) is 0 Å². The Kier molecular flexibility index (Phi) is 1.75. The van der Waals surface area contributed by atoms with Gasteiger partial charge in [0.25, 0.3) is 0 Å². The van der Waals surface area contributed by atoms with Crippen molar-refractivity contribution in [3.8, 4) is 0 Å². The fourth-order valence-electron chi connectivity index (χ4n) is 0.710. The number of hydrogen-bond donors (Lipinski definition) is 2. The van der Waals surface area contributed by atoms with Gasteiger partial charge in [-0.3, -0.25) is 0 Å². The fourth-order valence-corrected chi connectivity index (χ4v) is 0.710. The Morgan fingerprint density at radius 1 is 1.80 bits per heavy atom. The lowest BCUT2D eigenvalue weighted by molar-refractivity contribution is 0.165. The van der Waals surface area contributed by atoms with Gasteiger partial charge in [-0.05, 0) is 6.42 Å². The fraction of sp³-hybridized carbons (Fsp3) is 0.600. The van der Waals surface area contributed by atoms with Gasteiger partial charge in [0, 0.05) is 6.42 Å². The van der Waals surface area contributed by atoms with Gasteiger partial charge in [-0.1, -0.05) is 6.92 Å². The third-order valence-electron chi connectivity index (χ3n) is 1.19. The number of aromatic nitrogens is 3. The minimum Gasteiger partial charge on any atom is -0.422 e. The van der Waals surface area contributed by atoms with Crippen molar-refractivity contribution in [1.29, 1.82) is 0 Å². The molecule has 56 valence electrons. The van der Waals surface area contributed by atoms with Crippen LogP contribution >= 0.6 is 0 Å².